The van der Waals surface area contributed by atoms with E-state index in [1.54, 1.807) is 11.8 Å². The van der Waals surface area contributed by atoms with Gasteiger partial charge in [-0.1, -0.05) is 6.58 Å². The molecule has 0 aromatic rings. The van der Waals surface area contributed by atoms with Crippen molar-refractivity contribution < 1.29 is 9.47 Å². The lowest BCUT2D eigenvalue weighted by Gasteiger charge is -1.97. The summed E-state index contributed by atoms with van der Waals surface area (Å²) in [6.45, 7) is 6.04. The van der Waals surface area contributed by atoms with Crippen LogP contribution in [-0.2, 0) is 9.47 Å². The van der Waals surface area contributed by atoms with E-state index in [0.717, 1.165) is 25.6 Å². The van der Waals surface area contributed by atoms with Gasteiger partial charge in [0.15, 0.2) is 0 Å². The van der Waals surface area contributed by atoms with Crippen molar-refractivity contribution in [3.05, 3.63) is 12.0 Å². The highest BCUT2D eigenvalue weighted by atomic mass is 32.2. The molecule has 1 aliphatic rings. The summed E-state index contributed by atoms with van der Waals surface area (Å²) in [5, 5.41) is 1.83. The monoisotopic (exact) mass is 160 g/mol. The molecule has 0 radical (unpaired) electrons. The third kappa shape index (κ3) is 3.93. The maximum Gasteiger partial charge on any atom is 0.104 e. The van der Waals surface area contributed by atoms with Crippen molar-refractivity contribution in [2.24, 2.45) is 0 Å². The lowest BCUT2D eigenvalue weighted by atomic mass is 10.5. The highest BCUT2D eigenvalue weighted by Crippen LogP contribution is 2.08. The van der Waals surface area contributed by atoms with E-state index in [4.69, 9.17) is 9.47 Å². The van der Waals surface area contributed by atoms with E-state index in [9.17, 15) is 0 Å². The third-order valence-electron chi connectivity index (χ3n) is 1.17. The van der Waals surface area contributed by atoms with Crippen molar-refractivity contribution in [3.63, 3.8) is 0 Å². The van der Waals surface area contributed by atoms with Gasteiger partial charge in [-0.25, -0.2) is 0 Å². The fraction of sp³-hybridized carbons (Fsp3) is 0.714. The summed E-state index contributed by atoms with van der Waals surface area (Å²) >= 11 is 1.68. The molecule has 0 unspecified atom stereocenters. The van der Waals surface area contributed by atoms with Gasteiger partial charge in [0.05, 0.1) is 19.8 Å². The Hall–Kier alpha value is 0.01000. The summed E-state index contributed by atoms with van der Waals surface area (Å²) in [6.07, 6.45) is 0.397. The molecule has 1 heterocycles. The Bertz CT molecular complexity index is 102. The SMILES string of the molecule is C=CSCCOC[C@H]1CO1. The first-order chi connectivity index (χ1) is 4.93. The number of thioether (sulfide) groups is 1. The van der Waals surface area contributed by atoms with Crippen LogP contribution in [0.15, 0.2) is 12.0 Å². The molecule has 0 aliphatic carbocycles. The predicted molar refractivity (Wildman–Crippen MR) is 43.2 cm³/mol. The highest BCUT2D eigenvalue weighted by molar-refractivity contribution is 8.02. The summed E-state index contributed by atoms with van der Waals surface area (Å²) < 4.78 is 10.2. The first-order valence-electron chi connectivity index (χ1n) is 3.35. The summed E-state index contributed by atoms with van der Waals surface area (Å²) in [5.41, 5.74) is 0. The standard InChI is InChI=1S/C7H12O2S/c1-2-10-4-3-8-5-7-6-9-7/h2,7H,1,3-6H2/t7-/m0/s1. The quantitative estimate of drug-likeness (QED) is 0.431. The van der Waals surface area contributed by atoms with E-state index in [0.29, 0.717) is 6.10 Å². The van der Waals surface area contributed by atoms with E-state index in [1.165, 1.54) is 0 Å². The predicted octanol–water partition coefficient (Wildman–Crippen LogP) is 1.28. The van der Waals surface area contributed by atoms with Gasteiger partial charge in [-0.15, -0.1) is 11.8 Å². The van der Waals surface area contributed by atoms with Crippen LogP contribution in [0.1, 0.15) is 0 Å². The Labute approximate surface area is 65.6 Å². The van der Waals surface area contributed by atoms with Crippen molar-refractivity contribution in [1.29, 1.82) is 0 Å². The Morgan fingerprint density at radius 3 is 3.20 bits per heavy atom. The molecule has 0 aromatic carbocycles. The van der Waals surface area contributed by atoms with Crippen LogP contribution < -0.4 is 0 Å². The minimum atomic E-state index is 0.397. The Morgan fingerprint density at radius 1 is 1.80 bits per heavy atom. The second-order valence-corrected chi connectivity index (χ2v) is 3.14. The summed E-state index contributed by atoms with van der Waals surface area (Å²) in [5.74, 6) is 0.996. The van der Waals surface area contributed by atoms with Crippen molar-refractivity contribution in [2.45, 2.75) is 6.10 Å². The lowest BCUT2D eigenvalue weighted by Crippen LogP contribution is -2.03. The van der Waals surface area contributed by atoms with Gasteiger partial charge in [0.25, 0.3) is 0 Å². The molecule has 3 heteroatoms. The first-order valence-corrected chi connectivity index (χ1v) is 4.40. The van der Waals surface area contributed by atoms with Crippen LogP contribution in [-0.4, -0.2) is 31.7 Å². The molecule has 58 valence electrons. The van der Waals surface area contributed by atoms with E-state index in [-0.39, 0.29) is 0 Å². The normalized spacial score (nSPS) is 22.6. The van der Waals surface area contributed by atoms with Crippen LogP contribution in [0.5, 0.6) is 0 Å². The Balaban J connectivity index is 1.72. The van der Waals surface area contributed by atoms with Crippen molar-refractivity contribution >= 4 is 11.8 Å². The molecule has 1 aliphatic heterocycles. The lowest BCUT2D eigenvalue weighted by molar-refractivity contribution is 0.130. The van der Waals surface area contributed by atoms with Crippen molar-refractivity contribution in [1.82, 2.24) is 0 Å². The molecule has 1 saturated heterocycles. The molecule has 0 spiro atoms. The van der Waals surface area contributed by atoms with E-state index < -0.39 is 0 Å². The zero-order valence-corrected chi connectivity index (χ0v) is 6.73. The molecule has 1 fully saturated rings. The smallest absolute Gasteiger partial charge is 0.104 e. The molecule has 0 amide bonds. The Kier molecular flexibility index (Phi) is 3.87. The summed E-state index contributed by atoms with van der Waals surface area (Å²) in [4.78, 5) is 0. The first kappa shape index (κ1) is 8.11. The molecule has 0 aromatic heterocycles. The zero-order valence-electron chi connectivity index (χ0n) is 5.91. The largest absolute Gasteiger partial charge is 0.378 e. The fourth-order valence-electron chi connectivity index (χ4n) is 0.569. The highest BCUT2D eigenvalue weighted by Gasteiger charge is 2.21. The summed E-state index contributed by atoms with van der Waals surface area (Å²) in [7, 11) is 0. The van der Waals surface area contributed by atoms with Crippen LogP contribution in [0.4, 0.5) is 0 Å². The van der Waals surface area contributed by atoms with Crippen LogP contribution in [0.2, 0.25) is 0 Å². The van der Waals surface area contributed by atoms with Crippen LogP contribution in [0, 0.1) is 0 Å². The number of hydrogen-bond donors (Lipinski definition) is 0. The number of ether oxygens (including phenoxy) is 2. The molecule has 1 atom stereocenters. The minimum Gasteiger partial charge on any atom is -0.378 e. The van der Waals surface area contributed by atoms with Gasteiger partial charge in [0.2, 0.25) is 0 Å². The van der Waals surface area contributed by atoms with E-state index in [1.807, 2.05) is 5.41 Å². The maximum atomic E-state index is 5.27. The number of epoxide rings is 1. The van der Waals surface area contributed by atoms with E-state index in [2.05, 4.69) is 6.58 Å². The molecular formula is C7H12O2S. The average Bonchev–Trinajstić information content (AvgIpc) is 2.71. The van der Waals surface area contributed by atoms with E-state index >= 15 is 0 Å². The average molecular weight is 160 g/mol. The van der Waals surface area contributed by atoms with Crippen molar-refractivity contribution in [3.8, 4) is 0 Å². The second-order valence-electron chi connectivity index (χ2n) is 2.07. The van der Waals surface area contributed by atoms with Crippen molar-refractivity contribution in [2.75, 3.05) is 25.6 Å². The van der Waals surface area contributed by atoms with Gasteiger partial charge in [-0.3, -0.25) is 0 Å². The van der Waals surface area contributed by atoms with Crippen LogP contribution in [0.3, 0.4) is 0 Å². The molecule has 0 N–H and O–H groups in total. The Morgan fingerprint density at radius 2 is 2.60 bits per heavy atom. The molecule has 1 rings (SSSR count). The molecule has 0 bridgehead atoms. The minimum absolute atomic E-state index is 0.397. The molecular weight excluding hydrogens is 148 g/mol. The van der Waals surface area contributed by atoms with Gasteiger partial charge >= 0.3 is 0 Å². The van der Waals surface area contributed by atoms with Gasteiger partial charge in [0, 0.05) is 5.75 Å². The van der Waals surface area contributed by atoms with Gasteiger partial charge in [-0.2, -0.15) is 0 Å². The van der Waals surface area contributed by atoms with Crippen LogP contribution in [0.25, 0.3) is 0 Å². The summed E-state index contributed by atoms with van der Waals surface area (Å²) in [6, 6.07) is 0. The topological polar surface area (TPSA) is 21.8 Å². The second kappa shape index (κ2) is 4.77. The number of hydrogen-bond acceptors (Lipinski definition) is 3. The molecule has 10 heavy (non-hydrogen) atoms. The number of rotatable bonds is 6. The maximum absolute atomic E-state index is 5.27. The zero-order chi connectivity index (χ0) is 7.23. The molecule has 0 saturated carbocycles. The van der Waals surface area contributed by atoms with Gasteiger partial charge < -0.3 is 9.47 Å². The van der Waals surface area contributed by atoms with Gasteiger partial charge in [0.1, 0.15) is 6.10 Å². The third-order valence-corrected chi connectivity index (χ3v) is 1.81. The van der Waals surface area contributed by atoms with Crippen LogP contribution >= 0.6 is 11.8 Å². The fourth-order valence-corrected chi connectivity index (χ4v) is 0.950. The molecule has 2 nitrogen and oxygen atoms in total. The van der Waals surface area contributed by atoms with Gasteiger partial charge in [-0.05, 0) is 5.41 Å².